The Balaban J connectivity index is 0.000000306. The lowest BCUT2D eigenvalue weighted by atomic mass is 9.95. The molecule has 5 aromatic rings. The summed E-state index contributed by atoms with van der Waals surface area (Å²) in [5.74, 6) is -0.107. The summed E-state index contributed by atoms with van der Waals surface area (Å²) >= 11 is 3.62. The first-order chi connectivity index (χ1) is 21.9. The molecule has 0 fully saturated rings. The van der Waals surface area contributed by atoms with Crippen molar-refractivity contribution in [2.24, 2.45) is 0 Å². The standard InChI is InChI=1S/C28H20BrN3O3.C8H12O2/c1-35-17-12-10-16(11-13-17)15-32-27(33)24(20-14-30-21-8-4-2-6-18(20)21)25(28(32)34)23-19-7-3-5-9-22(19)31-26(23)29;1-7(9)10-8-5-3-2-4-6-8/h2-14,30-31H,15H2,1H3;3,5,8H,2,4,6H2,1H3. The molecule has 2 N–H and O–H groups in total. The average molecular weight is 667 g/mol. The highest BCUT2D eigenvalue weighted by atomic mass is 79.9. The molecule has 228 valence electrons. The number of H-pyrrole nitrogens is 2. The topological polar surface area (TPSA) is 104 Å². The summed E-state index contributed by atoms with van der Waals surface area (Å²) in [5.41, 5.74) is 4.81. The minimum absolute atomic E-state index is 0.0475. The molecule has 2 aromatic heterocycles. The second-order valence-corrected chi connectivity index (χ2v) is 11.7. The Morgan fingerprint density at radius 2 is 1.62 bits per heavy atom. The van der Waals surface area contributed by atoms with Crippen LogP contribution in [0.1, 0.15) is 42.9 Å². The Morgan fingerprint density at radius 1 is 0.933 bits per heavy atom. The Morgan fingerprint density at radius 3 is 2.31 bits per heavy atom. The predicted octanol–water partition coefficient (Wildman–Crippen LogP) is 7.56. The number of carbonyl (C=O) groups is 3. The van der Waals surface area contributed by atoms with Crippen LogP contribution in [0.25, 0.3) is 33.0 Å². The van der Waals surface area contributed by atoms with E-state index >= 15 is 0 Å². The van der Waals surface area contributed by atoms with Gasteiger partial charge in [-0.1, -0.05) is 54.6 Å². The fraction of sp³-hybridized carbons (Fsp3) is 0.194. The van der Waals surface area contributed by atoms with E-state index in [-0.39, 0.29) is 30.4 Å². The molecule has 3 heterocycles. The molecule has 2 amide bonds. The van der Waals surface area contributed by atoms with E-state index in [9.17, 15) is 14.4 Å². The highest BCUT2D eigenvalue weighted by molar-refractivity contribution is 9.10. The van der Waals surface area contributed by atoms with Gasteiger partial charge in [0.1, 0.15) is 11.9 Å². The van der Waals surface area contributed by atoms with E-state index in [2.05, 4.69) is 32.0 Å². The van der Waals surface area contributed by atoms with Crippen molar-refractivity contribution < 1.29 is 23.9 Å². The zero-order valence-electron chi connectivity index (χ0n) is 24.9. The van der Waals surface area contributed by atoms with E-state index in [1.807, 2.05) is 85.1 Å². The number of amides is 2. The van der Waals surface area contributed by atoms with E-state index in [0.29, 0.717) is 32.6 Å². The number of benzene rings is 3. The number of esters is 1. The second kappa shape index (κ2) is 13.0. The lowest BCUT2D eigenvalue weighted by Crippen LogP contribution is -2.31. The van der Waals surface area contributed by atoms with Gasteiger partial charge < -0.3 is 19.4 Å². The number of para-hydroxylation sites is 2. The molecular formula is C36H32BrN3O5. The van der Waals surface area contributed by atoms with Crippen molar-refractivity contribution in [2.45, 2.75) is 38.8 Å². The number of allylic oxidation sites excluding steroid dienone is 1. The van der Waals surface area contributed by atoms with E-state index < -0.39 is 0 Å². The summed E-state index contributed by atoms with van der Waals surface area (Å²) in [7, 11) is 1.60. The number of fused-ring (bicyclic) bond motifs is 2. The van der Waals surface area contributed by atoms with Crippen molar-refractivity contribution in [2.75, 3.05) is 7.11 Å². The summed E-state index contributed by atoms with van der Waals surface area (Å²) in [6, 6.07) is 22.9. The number of aromatic nitrogens is 2. The van der Waals surface area contributed by atoms with E-state index in [1.54, 1.807) is 7.11 Å². The maximum Gasteiger partial charge on any atom is 0.303 e. The minimum atomic E-state index is -0.323. The predicted molar refractivity (Wildman–Crippen MR) is 178 cm³/mol. The molecule has 0 saturated carbocycles. The van der Waals surface area contributed by atoms with Gasteiger partial charge in [0.2, 0.25) is 0 Å². The second-order valence-electron chi connectivity index (χ2n) is 10.9. The number of rotatable bonds is 6. The highest BCUT2D eigenvalue weighted by Crippen LogP contribution is 2.43. The molecule has 1 unspecified atom stereocenters. The smallest absolute Gasteiger partial charge is 0.303 e. The van der Waals surface area contributed by atoms with Crippen LogP contribution in [0.15, 0.2) is 95.7 Å². The van der Waals surface area contributed by atoms with Crippen LogP contribution in [0.2, 0.25) is 0 Å². The molecule has 45 heavy (non-hydrogen) atoms. The molecule has 1 atom stereocenters. The van der Waals surface area contributed by atoms with Gasteiger partial charge in [-0.25, -0.2) is 0 Å². The average Bonchev–Trinajstić information content (AvgIpc) is 3.69. The first-order valence-corrected chi connectivity index (χ1v) is 15.6. The van der Waals surface area contributed by atoms with Gasteiger partial charge >= 0.3 is 5.97 Å². The van der Waals surface area contributed by atoms with Crippen LogP contribution in [-0.2, 0) is 25.7 Å². The van der Waals surface area contributed by atoms with Crippen LogP contribution in [0, 0.1) is 0 Å². The zero-order valence-corrected chi connectivity index (χ0v) is 26.5. The number of halogens is 1. The number of hydrogen-bond acceptors (Lipinski definition) is 5. The van der Waals surface area contributed by atoms with Crippen molar-refractivity contribution in [3.05, 3.63) is 112 Å². The Labute approximate surface area is 268 Å². The van der Waals surface area contributed by atoms with Crippen LogP contribution in [0.4, 0.5) is 0 Å². The van der Waals surface area contributed by atoms with Gasteiger partial charge in [-0.05, 0) is 71.1 Å². The van der Waals surface area contributed by atoms with Gasteiger partial charge in [0.25, 0.3) is 11.8 Å². The van der Waals surface area contributed by atoms with E-state index in [1.165, 1.54) is 11.8 Å². The van der Waals surface area contributed by atoms with Gasteiger partial charge in [0.15, 0.2) is 0 Å². The maximum atomic E-state index is 14.0. The molecule has 0 bridgehead atoms. The number of methoxy groups -OCH3 is 1. The third kappa shape index (κ3) is 6.08. The molecule has 9 heteroatoms. The van der Waals surface area contributed by atoms with Crippen molar-refractivity contribution in [1.82, 2.24) is 14.9 Å². The first kappa shape index (κ1) is 30.1. The summed E-state index contributed by atoms with van der Waals surface area (Å²) in [6.07, 6.45) is 9.13. The number of imide groups is 1. The molecule has 3 aromatic carbocycles. The van der Waals surface area contributed by atoms with Crippen LogP contribution in [0.3, 0.4) is 0 Å². The van der Waals surface area contributed by atoms with Crippen LogP contribution in [0.5, 0.6) is 5.75 Å². The zero-order chi connectivity index (χ0) is 31.5. The molecule has 2 aliphatic rings. The molecule has 8 nitrogen and oxygen atoms in total. The lowest BCUT2D eigenvalue weighted by molar-refractivity contribution is -0.144. The highest BCUT2D eigenvalue weighted by Gasteiger charge is 2.42. The molecule has 0 saturated heterocycles. The monoisotopic (exact) mass is 665 g/mol. The quantitative estimate of drug-likeness (QED) is 0.111. The fourth-order valence-electron chi connectivity index (χ4n) is 5.84. The summed E-state index contributed by atoms with van der Waals surface area (Å²) in [5, 5.41) is 1.77. The fourth-order valence-corrected chi connectivity index (χ4v) is 6.46. The molecule has 7 rings (SSSR count). The van der Waals surface area contributed by atoms with Gasteiger partial charge in [0, 0.05) is 46.1 Å². The minimum Gasteiger partial charge on any atom is -0.497 e. The van der Waals surface area contributed by atoms with Gasteiger partial charge in [0.05, 0.1) is 29.4 Å². The van der Waals surface area contributed by atoms with Crippen molar-refractivity contribution in [3.63, 3.8) is 0 Å². The van der Waals surface area contributed by atoms with Crippen molar-refractivity contribution >= 4 is 66.7 Å². The molecule has 0 spiro atoms. The van der Waals surface area contributed by atoms with Gasteiger partial charge in [-0.2, -0.15) is 0 Å². The Bertz CT molecular complexity index is 1970. The lowest BCUT2D eigenvalue weighted by Gasteiger charge is -2.15. The van der Waals surface area contributed by atoms with Crippen LogP contribution < -0.4 is 4.74 Å². The molecule has 1 aliphatic heterocycles. The van der Waals surface area contributed by atoms with Gasteiger partial charge in [-0.15, -0.1) is 0 Å². The third-order valence-corrected chi connectivity index (χ3v) is 8.56. The number of nitrogens with zero attached hydrogens (tertiary/aromatic N) is 1. The molecule has 0 radical (unpaired) electrons. The number of nitrogens with one attached hydrogen (secondary N) is 2. The summed E-state index contributed by atoms with van der Waals surface area (Å²) in [6.45, 7) is 1.61. The van der Waals surface area contributed by atoms with Crippen molar-refractivity contribution in [3.8, 4) is 5.75 Å². The first-order valence-electron chi connectivity index (χ1n) is 14.8. The summed E-state index contributed by atoms with van der Waals surface area (Å²) in [4.78, 5) is 46.2. The van der Waals surface area contributed by atoms with Crippen LogP contribution in [-0.4, -0.2) is 45.9 Å². The Hall–Kier alpha value is -4.89. The number of aromatic amines is 2. The van der Waals surface area contributed by atoms with E-state index in [0.717, 1.165) is 46.6 Å². The number of carbonyl (C=O) groups excluding carboxylic acids is 3. The molecule has 1 aliphatic carbocycles. The maximum absolute atomic E-state index is 14.0. The normalized spacial score (nSPS) is 16.3. The van der Waals surface area contributed by atoms with Gasteiger partial charge in [-0.3, -0.25) is 19.3 Å². The summed E-state index contributed by atoms with van der Waals surface area (Å²) < 4.78 is 10.9. The van der Waals surface area contributed by atoms with Crippen molar-refractivity contribution in [1.29, 1.82) is 0 Å². The molecular weight excluding hydrogens is 634 g/mol. The van der Waals surface area contributed by atoms with E-state index in [4.69, 9.17) is 9.47 Å². The number of hydrogen-bond donors (Lipinski definition) is 2. The van der Waals surface area contributed by atoms with Crippen LogP contribution >= 0.6 is 15.9 Å². The third-order valence-electron chi connectivity index (χ3n) is 7.96. The Kier molecular flexibility index (Phi) is 8.71. The number of ether oxygens (including phenoxy) is 2. The largest absolute Gasteiger partial charge is 0.497 e. The SMILES string of the molecule is CC(=O)OC1C=CCCC1.COc1ccc(CN2C(=O)C(c3c[nH]c4ccccc34)=C(c3c(Br)[nH]c4ccccc34)C2=O)cc1.